The summed E-state index contributed by atoms with van der Waals surface area (Å²) in [4.78, 5) is 31.5. The van der Waals surface area contributed by atoms with Gasteiger partial charge in [0.2, 0.25) is 17.8 Å². The molecule has 1 saturated carbocycles. The predicted octanol–water partition coefficient (Wildman–Crippen LogP) is 2.25. The van der Waals surface area contributed by atoms with Crippen molar-refractivity contribution in [3.8, 4) is 0 Å². The summed E-state index contributed by atoms with van der Waals surface area (Å²) in [5.41, 5.74) is 1.55. The molecule has 1 aliphatic carbocycles. The molecule has 0 radical (unpaired) electrons. The second kappa shape index (κ2) is 14.4. The van der Waals surface area contributed by atoms with Gasteiger partial charge in [0.05, 0.1) is 22.1 Å². The topological polar surface area (TPSA) is 176 Å². The van der Waals surface area contributed by atoms with E-state index in [1.54, 1.807) is 30.3 Å². The van der Waals surface area contributed by atoms with Crippen LogP contribution in [0.1, 0.15) is 38.2 Å². The zero-order chi connectivity index (χ0) is 29.6. The summed E-state index contributed by atoms with van der Waals surface area (Å²) < 4.78 is 65.1. The molecule has 1 fully saturated rings. The first-order valence-electron chi connectivity index (χ1n) is 12.7. The molecule has 0 unspecified atom stereocenters. The van der Waals surface area contributed by atoms with Crippen LogP contribution in [-0.4, -0.2) is 79.2 Å². The van der Waals surface area contributed by atoms with E-state index in [0.717, 1.165) is 11.8 Å². The van der Waals surface area contributed by atoms with E-state index in [4.69, 9.17) is 0 Å². The molecule has 0 aliphatic heterocycles. The number of nitrogens with one attached hydrogen (secondary N) is 4. The molecule has 3 aromatic rings. The number of sulfonamides is 1. The van der Waals surface area contributed by atoms with Crippen LogP contribution < -0.4 is 20.7 Å². The Morgan fingerprint density at radius 1 is 0.976 bits per heavy atom. The fraction of sp³-hybridized carbons (Fsp3) is 0.308. The monoisotopic (exact) mass is 628 g/mol. The molecule has 2 aromatic carbocycles. The second-order valence-electron chi connectivity index (χ2n) is 9.34. The average molecular weight is 629 g/mol. The fourth-order valence-corrected chi connectivity index (χ4v) is 6.39. The minimum absolute atomic E-state index is 0. The molecule has 12 nitrogen and oxygen atoms in total. The van der Waals surface area contributed by atoms with Crippen molar-refractivity contribution in [2.75, 3.05) is 16.4 Å². The molecule has 220 valence electrons. The molecule has 1 heterocycles. The van der Waals surface area contributed by atoms with Crippen LogP contribution in [0.2, 0.25) is 0 Å². The van der Waals surface area contributed by atoms with E-state index < -0.39 is 31.6 Å². The van der Waals surface area contributed by atoms with Gasteiger partial charge >= 0.3 is 29.6 Å². The standard InChI is InChI=1S/C26H29FN6O6S2.Na.H/c1-2-23(34)33-41(38,39)21-5-3-4-19(14-21)31-26-29-16-22(27)25(32-26)30-18-8-6-17(7-9-18)15-28-24(35)12-13-40(36,37)20-10-11-20;;/h3-9,14,16,20H,2,10-13,15H2,1H3,(H,28,35)(H,33,34)(H2,29,30,31,32);;. The Bertz CT molecular complexity index is 1650. The molecule has 0 spiro atoms. The van der Waals surface area contributed by atoms with Gasteiger partial charge in [-0.25, -0.2) is 30.9 Å². The molecule has 42 heavy (non-hydrogen) atoms. The van der Waals surface area contributed by atoms with Gasteiger partial charge < -0.3 is 16.0 Å². The zero-order valence-corrected chi connectivity index (χ0v) is 23.7. The molecule has 2 amide bonds. The van der Waals surface area contributed by atoms with Gasteiger partial charge in [-0.3, -0.25) is 9.59 Å². The summed E-state index contributed by atoms with van der Waals surface area (Å²) in [6, 6.07) is 12.4. The van der Waals surface area contributed by atoms with Crippen LogP contribution in [0.4, 0.5) is 27.5 Å². The Kier molecular flexibility index (Phi) is 11.4. The van der Waals surface area contributed by atoms with Crippen LogP contribution in [0.5, 0.6) is 0 Å². The number of hydrogen-bond donors (Lipinski definition) is 4. The third kappa shape index (κ3) is 9.46. The van der Waals surface area contributed by atoms with E-state index in [-0.39, 0.29) is 82.5 Å². The number of benzene rings is 2. The molecule has 16 heteroatoms. The summed E-state index contributed by atoms with van der Waals surface area (Å²) in [7, 11) is -7.26. The summed E-state index contributed by atoms with van der Waals surface area (Å²) in [6.45, 7) is 1.74. The van der Waals surface area contributed by atoms with Gasteiger partial charge in [-0.15, -0.1) is 0 Å². The molecular formula is C26H30FN6NaO6S2. The van der Waals surface area contributed by atoms with Crippen molar-refractivity contribution in [3.63, 3.8) is 0 Å². The molecule has 1 aromatic heterocycles. The maximum absolute atomic E-state index is 14.4. The Balaban J connectivity index is 0.00000484. The van der Waals surface area contributed by atoms with Gasteiger partial charge in [0.15, 0.2) is 21.5 Å². The van der Waals surface area contributed by atoms with E-state index in [9.17, 15) is 30.8 Å². The van der Waals surface area contributed by atoms with Gasteiger partial charge in [-0.05, 0) is 48.7 Å². The van der Waals surface area contributed by atoms with Crippen LogP contribution in [-0.2, 0) is 36.0 Å². The molecule has 4 N–H and O–H groups in total. The number of rotatable bonds is 13. The average Bonchev–Trinajstić information content (AvgIpc) is 3.80. The number of hydrogen-bond acceptors (Lipinski definition) is 10. The van der Waals surface area contributed by atoms with E-state index in [2.05, 4.69) is 25.9 Å². The third-order valence-electron chi connectivity index (χ3n) is 6.07. The van der Waals surface area contributed by atoms with Crippen molar-refractivity contribution in [1.29, 1.82) is 0 Å². The number of sulfone groups is 1. The molecule has 0 atom stereocenters. The summed E-state index contributed by atoms with van der Waals surface area (Å²) in [5.74, 6) is -2.03. The number of carbonyl (C=O) groups is 2. The van der Waals surface area contributed by atoms with Crippen LogP contribution >= 0.6 is 0 Å². The molecule has 1 aliphatic rings. The quantitative estimate of drug-likeness (QED) is 0.205. The Hall–Kier alpha value is -3.11. The molecular weight excluding hydrogens is 598 g/mol. The van der Waals surface area contributed by atoms with Crippen LogP contribution in [0.25, 0.3) is 0 Å². The van der Waals surface area contributed by atoms with Crippen LogP contribution in [0, 0.1) is 5.82 Å². The number of carbonyl (C=O) groups excluding carboxylic acids is 2. The molecule has 0 bridgehead atoms. The first-order valence-corrected chi connectivity index (χ1v) is 15.9. The van der Waals surface area contributed by atoms with E-state index in [1.807, 2.05) is 4.72 Å². The van der Waals surface area contributed by atoms with E-state index in [0.29, 0.717) is 24.2 Å². The van der Waals surface area contributed by atoms with Crippen LogP contribution in [0.15, 0.2) is 59.6 Å². The summed E-state index contributed by atoms with van der Waals surface area (Å²) in [5, 5.41) is 8.06. The first kappa shape index (κ1) is 33.4. The fourth-order valence-electron chi connectivity index (χ4n) is 3.63. The number of amides is 2. The number of halogens is 1. The Morgan fingerprint density at radius 2 is 1.69 bits per heavy atom. The van der Waals surface area contributed by atoms with Gasteiger partial charge in [0.1, 0.15) is 0 Å². The number of nitrogens with zero attached hydrogens (tertiary/aromatic N) is 2. The Labute approximate surface area is 265 Å². The zero-order valence-electron chi connectivity index (χ0n) is 22.1. The molecule has 4 rings (SSSR count). The van der Waals surface area contributed by atoms with Crippen molar-refractivity contribution in [3.05, 3.63) is 66.1 Å². The van der Waals surface area contributed by atoms with Crippen molar-refractivity contribution in [1.82, 2.24) is 20.0 Å². The van der Waals surface area contributed by atoms with E-state index >= 15 is 0 Å². The first-order chi connectivity index (χ1) is 19.4. The van der Waals surface area contributed by atoms with Crippen molar-refractivity contribution in [2.45, 2.75) is 49.3 Å². The van der Waals surface area contributed by atoms with E-state index in [1.165, 1.54) is 25.1 Å². The summed E-state index contributed by atoms with van der Waals surface area (Å²) >= 11 is 0. The SMILES string of the molecule is CCC(=O)NS(=O)(=O)c1cccc(Nc2ncc(F)c(Nc3ccc(CNC(=O)CCS(=O)(=O)C4CC4)cc3)n2)c1.[NaH]. The third-order valence-corrected chi connectivity index (χ3v) is 9.70. The Morgan fingerprint density at radius 3 is 2.36 bits per heavy atom. The van der Waals surface area contributed by atoms with Crippen molar-refractivity contribution >= 4 is 84.4 Å². The van der Waals surface area contributed by atoms with Gasteiger partial charge in [0, 0.05) is 30.8 Å². The predicted molar refractivity (Wildman–Crippen MR) is 157 cm³/mol. The molecule has 0 saturated heterocycles. The summed E-state index contributed by atoms with van der Waals surface area (Å²) in [6.07, 6.45) is 2.21. The normalized spacial score (nSPS) is 13.0. The van der Waals surface area contributed by atoms with Gasteiger partial charge in [-0.2, -0.15) is 4.98 Å². The maximum atomic E-state index is 14.4. The van der Waals surface area contributed by atoms with Crippen molar-refractivity contribution in [2.24, 2.45) is 0 Å². The van der Waals surface area contributed by atoms with Gasteiger partial charge in [-0.1, -0.05) is 25.1 Å². The van der Waals surface area contributed by atoms with Crippen molar-refractivity contribution < 1.29 is 30.8 Å². The van der Waals surface area contributed by atoms with Crippen LogP contribution in [0.3, 0.4) is 0 Å². The second-order valence-corrected chi connectivity index (χ2v) is 13.4. The minimum atomic E-state index is -4.06. The van der Waals surface area contributed by atoms with Gasteiger partial charge in [0.25, 0.3) is 10.0 Å². The number of aromatic nitrogens is 2. The number of anilines is 4.